The number of urea groups is 1. The zero-order valence-electron chi connectivity index (χ0n) is 14.4. The second-order valence-electron chi connectivity index (χ2n) is 5.93. The van der Waals surface area contributed by atoms with Gasteiger partial charge < -0.3 is 20.3 Å². The van der Waals surface area contributed by atoms with E-state index in [1.807, 2.05) is 0 Å². The van der Waals surface area contributed by atoms with Crippen LogP contribution in [-0.4, -0.2) is 25.6 Å². The fourth-order valence-electron chi connectivity index (χ4n) is 2.87. The molecule has 2 aromatic carbocycles. The van der Waals surface area contributed by atoms with Gasteiger partial charge in [-0.1, -0.05) is 18.2 Å². The first-order valence-electron chi connectivity index (χ1n) is 8.35. The number of hydrogen-bond donors (Lipinski definition) is 2. The maximum atomic E-state index is 13.6. The highest BCUT2D eigenvalue weighted by Gasteiger charge is 2.24. The van der Waals surface area contributed by atoms with Gasteiger partial charge in [-0.3, -0.25) is 4.79 Å². The van der Waals surface area contributed by atoms with Crippen molar-refractivity contribution in [2.45, 2.75) is 19.4 Å². The van der Waals surface area contributed by atoms with E-state index in [2.05, 4.69) is 10.6 Å². The van der Waals surface area contributed by atoms with Crippen LogP contribution in [0.1, 0.15) is 18.4 Å². The van der Waals surface area contributed by atoms with Crippen molar-refractivity contribution in [3.8, 4) is 5.75 Å². The maximum Gasteiger partial charge on any atom is 0.319 e. The van der Waals surface area contributed by atoms with Crippen LogP contribution in [0.25, 0.3) is 0 Å². The van der Waals surface area contributed by atoms with Gasteiger partial charge in [0.2, 0.25) is 5.91 Å². The van der Waals surface area contributed by atoms with Crippen LogP contribution in [0.5, 0.6) is 5.75 Å². The number of methoxy groups -OCH3 is 1. The van der Waals surface area contributed by atoms with Crippen molar-refractivity contribution in [2.24, 2.45) is 0 Å². The maximum absolute atomic E-state index is 13.6. The molecular weight excluding hydrogens is 337 g/mol. The SMILES string of the molecule is COc1cc(NC(=O)NCc2ccccc2F)ccc1N1CCCC1=O. The highest BCUT2D eigenvalue weighted by molar-refractivity contribution is 5.97. The molecular formula is C19H20FN3O3. The minimum atomic E-state index is -0.458. The van der Waals surface area contributed by atoms with Gasteiger partial charge in [0.25, 0.3) is 0 Å². The predicted octanol–water partition coefficient (Wildman–Crippen LogP) is 3.28. The van der Waals surface area contributed by atoms with E-state index < -0.39 is 6.03 Å². The van der Waals surface area contributed by atoms with Crippen molar-refractivity contribution in [2.75, 3.05) is 23.9 Å². The Bertz CT molecular complexity index is 825. The van der Waals surface area contributed by atoms with Crippen molar-refractivity contribution in [1.29, 1.82) is 0 Å². The van der Waals surface area contributed by atoms with Gasteiger partial charge in [0.05, 0.1) is 12.8 Å². The summed E-state index contributed by atoms with van der Waals surface area (Å²) in [5, 5.41) is 5.29. The molecule has 0 bridgehead atoms. The molecule has 0 radical (unpaired) electrons. The van der Waals surface area contributed by atoms with Gasteiger partial charge in [0, 0.05) is 36.8 Å². The molecule has 1 heterocycles. The average molecular weight is 357 g/mol. The normalized spacial score (nSPS) is 13.6. The molecule has 0 aromatic heterocycles. The van der Waals surface area contributed by atoms with E-state index >= 15 is 0 Å². The quantitative estimate of drug-likeness (QED) is 0.863. The van der Waals surface area contributed by atoms with Gasteiger partial charge in [-0.2, -0.15) is 0 Å². The van der Waals surface area contributed by atoms with Crippen LogP contribution >= 0.6 is 0 Å². The Morgan fingerprint density at radius 1 is 1.27 bits per heavy atom. The number of carbonyl (C=O) groups is 2. The number of ether oxygens (including phenoxy) is 1. The zero-order valence-corrected chi connectivity index (χ0v) is 14.4. The molecule has 26 heavy (non-hydrogen) atoms. The van der Waals surface area contributed by atoms with Crippen LogP contribution in [0.2, 0.25) is 0 Å². The van der Waals surface area contributed by atoms with Crippen LogP contribution in [0.3, 0.4) is 0 Å². The van der Waals surface area contributed by atoms with E-state index in [0.29, 0.717) is 35.7 Å². The Morgan fingerprint density at radius 3 is 2.77 bits per heavy atom. The summed E-state index contributed by atoms with van der Waals surface area (Å²) >= 11 is 0. The summed E-state index contributed by atoms with van der Waals surface area (Å²) in [5.74, 6) is 0.202. The molecule has 0 saturated carbocycles. The number of hydrogen-bond acceptors (Lipinski definition) is 3. The molecule has 6 nitrogen and oxygen atoms in total. The van der Waals surface area contributed by atoms with Gasteiger partial charge >= 0.3 is 6.03 Å². The third-order valence-electron chi connectivity index (χ3n) is 4.20. The fraction of sp³-hybridized carbons (Fsp3) is 0.263. The molecule has 1 saturated heterocycles. The van der Waals surface area contributed by atoms with Crippen LogP contribution in [0.15, 0.2) is 42.5 Å². The van der Waals surface area contributed by atoms with Gasteiger partial charge in [0.15, 0.2) is 0 Å². The van der Waals surface area contributed by atoms with Crippen LogP contribution in [-0.2, 0) is 11.3 Å². The van der Waals surface area contributed by atoms with E-state index in [4.69, 9.17) is 4.74 Å². The summed E-state index contributed by atoms with van der Waals surface area (Å²) in [4.78, 5) is 25.6. The largest absolute Gasteiger partial charge is 0.494 e. The van der Waals surface area contributed by atoms with Crippen molar-refractivity contribution in [1.82, 2.24) is 5.32 Å². The smallest absolute Gasteiger partial charge is 0.319 e. The minimum absolute atomic E-state index is 0.0617. The minimum Gasteiger partial charge on any atom is -0.494 e. The molecule has 1 fully saturated rings. The second-order valence-corrected chi connectivity index (χ2v) is 5.93. The molecule has 7 heteroatoms. The molecule has 0 aliphatic carbocycles. The standard InChI is InChI=1S/C19H20FN3O3/c1-26-17-11-14(8-9-16(17)23-10-4-7-18(23)24)22-19(25)21-12-13-5-2-3-6-15(13)20/h2-3,5-6,8-9,11H,4,7,10,12H2,1H3,(H2,21,22,25). The molecule has 2 aromatic rings. The number of nitrogens with one attached hydrogen (secondary N) is 2. The van der Waals surface area contributed by atoms with E-state index in [-0.39, 0.29) is 18.3 Å². The average Bonchev–Trinajstić information content (AvgIpc) is 3.06. The molecule has 0 spiro atoms. The Labute approximate surface area is 150 Å². The van der Waals surface area contributed by atoms with Crippen LogP contribution < -0.4 is 20.3 Å². The number of amides is 3. The summed E-state index contributed by atoms with van der Waals surface area (Å²) in [6, 6.07) is 10.9. The fourth-order valence-corrected chi connectivity index (χ4v) is 2.87. The lowest BCUT2D eigenvalue weighted by molar-refractivity contribution is -0.117. The topological polar surface area (TPSA) is 70.7 Å². The third-order valence-corrected chi connectivity index (χ3v) is 4.20. The lowest BCUT2D eigenvalue weighted by Crippen LogP contribution is -2.28. The molecule has 2 N–H and O–H groups in total. The van der Waals surface area contributed by atoms with E-state index in [1.165, 1.54) is 13.2 Å². The first-order chi connectivity index (χ1) is 12.6. The lowest BCUT2D eigenvalue weighted by atomic mass is 10.2. The monoisotopic (exact) mass is 357 g/mol. The lowest BCUT2D eigenvalue weighted by Gasteiger charge is -2.19. The van der Waals surface area contributed by atoms with Crippen LogP contribution in [0.4, 0.5) is 20.6 Å². The highest BCUT2D eigenvalue weighted by atomic mass is 19.1. The van der Waals surface area contributed by atoms with Crippen molar-refractivity contribution >= 4 is 23.3 Å². The van der Waals surface area contributed by atoms with E-state index in [9.17, 15) is 14.0 Å². The highest BCUT2D eigenvalue weighted by Crippen LogP contribution is 2.33. The van der Waals surface area contributed by atoms with Gasteiger partial charge in [-0.15, -0.1) is 0 Å². The third kappa shape index (κ3) is 3.93. The number of nitrogens with zero attached hydrogens (tertiary/aromatic N) is 1. The number of benzene rings is 2. The first kappa shape index (κ1) is 17.7. The molecule has 0 atom stereocenters. The Kier molecular flexibility index (Phi) is 5.36. The summed E-state index contributed by atoms with van der Waals surface area (Å²) in [7, 11) is 1.52. The molecule has 136 valence electrons. The molecule has 1 aliphatic rings. The molecule has 0 unspecified atom stereocenters. The van der Waals surface area contributed by atoms with Gasteiger partial charge in [-0.05, 0) is 24.6 Å². The molecule has 3 rings (SSSR count). The zero-order chi connectivity index (χ0) is 18.5. The molecule has 1 aliphatic heterocycles. The Morgan fingerprint density at radius 2 is 2.08 bits per heavy atom. The van der Waals surface area contributed by atoms with Gasteiger partial charge in [-0.25, -0.2) is 9.18 Å². The second kappa shape index (κ2) is 7.86. The number of anilines is 2. The Balaban J connectivity index is 1.65. The van der Waals surface area contributed by atoms with E-state index in [1.54, 1.807) is 41.3 Å². The Hall–Kier alpha value is -3.09. The number of halogens is 1. The van der Waals surface area contributed by atoms with E-state index in [0.717, 1.165) is 6.42 Å². The first-order valence-corrected chi connectivity index (χ1v) is 8.35. The number of carbonyl (C=O) groups excluding carboxylic acids is 2. The predicted molar refractivity (Wildman–Crippen MR) is 96.8 cm³/mol. The summed E-state index contributed by atoms with van der Waals surface area (Å²) in [5.41, 5.74) is 1.61. The molecule has 3 amide bonds. The number of rotatable bonds is 5. The summed E-state index contributed by atoms with van der Waals surface area (Å²) in [6.07, 6.45) is 1.35. The van der Waals surface area contributed by atoms with Crippen molar-refractivity contribution < 1.29 is 18.7 Å². The van der Waals surface area contributed by atoms with Crippen molar-refractivity contribution in [3.63, 3.8) is 0 Å². The van der Waals surface area contributed by atoms with Crippen molar-refractivity contribution in [3.05, 3.63) is 53.8 Å². The summed E-state index contributed by atoms with van der Waals surface area (Å²) in [6.45, 7) is 0.737. The summed E-state index contributed by atoms with van der Waals surface area (Å²) < 4.78 is 18.9. The van der Waals surface area contributed by atoms with Crippen LogP contribution in [0, 0.1) is 5.82 Å². The van der Waals surface area contributed by atoms with Gasteiger partial charge in [0.1, 0.15) is 11.6 Å².